The van der Waals surface area contributed by atoms with Crippen molar-refractivity contribution >= 4 is 98.7 Å². The van der Waals surface area contributed by atoms with Crippen LogP contribution in [0.3, 0.4) is 0 Å². The number of nitrogens with zero attached hydrogens (tertiary/aromatic N) is 1. The molecule has 0 saturated heterocycles. The average molecular weight is 744 g/mol. The van der Waals surface area contributed by atoms with Gasteiger partial charge in [-0.3, -0.25) is 0 Å². The van der Waals surface area contributed by atoms with Crippen LogP contribution in [0.15, 0.2) is 194 Å². The maximum absolute atomic E-state index is 6.61. The summed E-state index contributed by atoms with van der Waals surface area (Å²) in [6.07, 6.45) is 0. The molecule has 11 aromatic rings. The second-order valence-corrected chi connectivity index (χ2v) is 16.2. The number of hydrogen-bond donors (Lipinski definition) is 0. The van der Waals surface area contributed by atoms with Crippen molar-refractivity contribution in [2.45, 2.75) is 6.61 Å². The van der Waals surface area contributed by atoms with E-state index in [1.807, 2.05) is 11.3 Å². The van der Waals surface area contributed by atoms with Gasteiger partial charge in [-0.05, 0) is 102 Å². The van der Waals surface area contributed by atoms with E-state index in [0.29, 0.717) is 6.61 Å². The van der Waals surface area contributed by atoms with E-state index in [-0.39, 0.29) is 6.92 Å². The number of benzene rings is 10. The molecule has 57 heavy (non-hydrogen) atoms. The first kappa shape index (κ1) is 32.5. The number of thiophene rings is 1. The first-order chi connectivity index (χ1) is 28.3. The molecule has 0 unspecified atom stereocenters. The van der Waals surface area contributed by atoms with Crippen molar-refractivity contribution in [3.63, 3.8) is 0 Å². The van der Waals surface area contributed by atoms with Crippen molar-refractivity contribution in [1.82, 2.24) is 0 Å². The van der Waals surface area contributed by atoms with Gasteiger partial charge in [-0.2, -0.15) is 0 Å². The van der Waals surface area contributed by atoms with E-state index in [2.05, 4.69) is 199 Å². The molecule has 0 bridgehead atoms. The quantitative estimate of drug-likeness (QED) is 0.124. The Morgan fingerprint density at radius 1 is 0.456 bits per heavy atom. The molecular formula is C53H34BNOS. The summed E-state index contributed by atoms with van der Waals surface area (Å²) >= 11 is 1.87. The summed E-state index contributed by atoms with van der Waals surface area (Å²) in [6.45, 7) is 0.481. The minimum absolute atomic E-state index is 0.0872. The molecule has 1 aromatic heterocycles. The van der Waals surface area contributed by atoms with Crippen LogP contribution in [0.5, 0.6) is 0 Å². The second-order valence-electron chi connectivity index (χ2n) is 15.1. The monoisotopic (exact) mass is 743 g/mol. The van der Waals surface area contributed by atoms with Crippen LogP contribution in [-0.4, -0.2) is 6.92 Å². The molecule has 266 valence electrons. The Morgan fingerprint density at radius 2 is 1.14 bits per heavy atom. The zero-order valence-electron chi connectivity index (χ0n) is 31.0. The van der Waals surface area contributed by atoms with E-state index in [9.17, 15) is 0 Å². The van der Waals surface area contributed by atoms with Gasteiger partial charge in [0.15, 0.2) is 0 Å². The van der Waals surface area contributed by atoms with Crippen LogP contribution in [0.2, 0.25) is 0 Å². The summed E-state index contributed by atoms with van der Waals surface area (Å²) in [5.74, 6) is 0. The third-order valence-electron chi connectivity index (χ3n) is 12.0. The van der Waals surface area contributed by atoms with E-state index in [4.69, 9.17) is 4.65 Å². The summed E-state index contributed by atoms with van der Waals surface area (Å²) in [5, 5.41) is 10.2. The molecule has 0 fully saturated rings. The zero-order chi connectivity index (χ0) is 37.5. The van der Waals surface area contributed by atoms with Gasteiger partial charge in [-0.15, -0.1) is 11.3 Å². The third-order valence-corrected chi connectivity index (χ3v) is 13.1. The largest absolute Gasteiger partial charge is 0.423 e. The molecule has 4 heteroatoms. The smallest absolute Gasteiger partial charge is 0.362 e. The molecule has 10 aromatic carbocycles. The van der Waals surface area contributed by atoms with Crippen LogP contribution >= 0.6 is 11.3 Å². The molecule has 0 amide bonds. The van der Waals surface area contributed by atoms with Crippen LogP contribution < -0.4 is 15.8 Å². The van der Waals surface area contributed by atoms with E-state index >= 15 is 0 Å². The SMILES string of the molecule is c1ccc(B2OCc3c2cccc3-c2cc(N(c3ccc(-c4ccccc4)cc3)c3ccc4ccc5cccc6ccc3c4c56)cc3sc4ccccc4c23)cc1. The van der Waals surface area contributed by atoms with Gasteiger partial charge in [0.05, 0.1) is 12.3 Å². The lowest BCUT2D eigenvalue weighted by Gasteiger charge is -2.29. The molecule has 0 saturated carbocycles. The zero-order valence-corrected chi connectivity index (χ0v) is 31.8. The molecule has 0 atom stereocenters. The van der Waals surface area contributed by atoms with Crippen LogP contribution in [0, 0.1) is 0 Å². The van der Waals surface area contributed by atoms with Crippen molar-refractivity contribution in [3.05, 3.63) is 200 Å². The van der Waals surface area contributed by atoms with Gasteiger partial charge in [-0.1, -0.05) is 158 Å². The molecule has 0 radical (unpaired) electrons. The highest BCUT2D eigenvalue weighted by Crippen LogP contribution is 2.49. The molecule has 12 rings (SSSR count). The molecule has 0 spiro atoms. The van der Waals surface area contributed by atoms with Gasteiger partial charge in [0, 0.05) is 36.9 Å². The van der Waals surface area contributed by atoms with Gasteiger partial charge < -0.3 is 9.55 Å². The second kappa shape index (κ2) is 12.9. The Kier molecular flexibility index (Phi) is 7.37. The predicted molar refractivity (Wildman–Crippen MR) is 245 cm³/mol. The van der Waals surface area contributed by atoms with Gasteiger partial charge >= 0.3 is 6.92 Å². The first-order valence-corrected chi connectivity index (χ1v) is 20.4. The molecule has 1 aliphatic heterocycles. The fraction of sp³-hybridized carbons (Fsp3) is 0.0189. The summed E-state index contributed by atoms with van der Waals surface area (Å²) in [5.41, 5.74) is 12.0. The number of fused-ring (bicyclic) bond motifs is 4. The van der Waals surface area contributed by atoms with E-state index < -0.39 is 0 Å². The number of hydrogen-bond acceptors (Lipinski definition) is 3. The fourth-order valence-electron chi connectivity index (χ4n) is 9.38. The Balaban J connectivity index is 1.13. The van der Waals surface area contributed by atoms with Crippen LogP contribution in [-0.2, 0) is 11.3 Å². The van der Waals surface area contributed by atoms with Crippen molar-refractivity contribution in [2.75, 3.05) is 4.90 Å². The Bertz CT molecular complexity index is 3290. The Morgan fingerprint density at radius 3 is 1.96 bits per heavy atom. The predicted octanol–water partition coefficient (Wildman–Crippen LogP) is 13.4. The molecule has 2 nitrogen and oxygen atoms in total. The van der Waals surface area contributed by atoms with Crippen LogP contribution in [0.1, 0.15) is 5.56 Å². The van der Waals surface area contributed by atoms with Crippen molar-refractivity contribution in [3.8, 4) is 22.3 Å². The standard InChI is InChI=1S/C53H34BNOS/c1-3-11-34(12-4-1)35-23-27-40(28-24-35)55(48-30-26-38-22-21-36-13-9-14-37-25-29-43(48)52(38)51(36)37)41-31-45(53-44-17-7-8-20-49(44)57-50(53)32-41)42-18-10-19-47-46(42)33-56-54(47)39-15-5-2-6-16-39/h1-32H,33H2. The fourth-order valence-corrected chi connectivity index (χ4v) is 10.5. The van der Waals surface area contributed by atoms with E-state index in [1.165, 1.54) is 91.2 Å². The minimum atomic E-state index is -0.0872. The maximum atomic E-state index is 6.61. The van der Waals surface area contributed by atoms with Gasteiger partial charge in [0.1, 0.15) is 0 Å². The summed E-state index contributed by atoms with van der Waals surface area (Å²) in [4.78, 5) is 2.49. The molecule has 0 N–H and O–H groups in total. The average Bonchev–Trinajstić information content (AvgIpc) is 3.89. The normalized spacial score (nSPS) is 12.7. The van der Waals surface area contributed by atoms with E-state index in [1.54, 1.807) is 0 Å². The number of anilines is 3. The number of rotatable bonds is 6. The lowest BCUT2D eigenvalue weighted by Crippen LogP contribution is -2.41. The molecule has 0 aliphatic carbocycles. The third kappa shape index (κ3) is 5.15. The lowest BCUT2D eigenvalue weighted by atomic mass is 9.55. The molecule has 1 aliphatic rings. The summed E-state index contributed by atoms with van der Waals surface area (Å²) < 4.78 is 9.17. The van der Waals surface area contributed by atoms with E-state index in [0.717, 1.165) is 17.1 Å². The van der Waals surface area contributed by atoms with Gasteiger partial charge in [-0.25, -0.2) is 0 Å². The Labute approximate surface area is 335 Å². The van der Waals surface area contributed by atoms with Gasteiger partial charge in [0.25, 0.3) is 0 Å². The van der Waals surface area contributed by atoms with Crippen molar-refractivity contribution in [1.29, 1.82) is 0 Å². The van der Waals surface area contributed by atoms with Crippen molar-refractivity contribution in [2.24, 2.45) is 0 Å². The van der Waals surface area contributed by atoms with Crippen molar-refractivity contribution < 1.29 is 4.65 Å². The highest BCUT2D eigenvalue weighted by atomic mass is 32.1. The topological polar surface area (TPSA) is 12.5 Å². The van der Waals surface area contributed by atoms with Gasteiger partial charge in [0.2, 0.25) is 0 Å². The highest BCUT2D eigenvalue weighted by molar-refractivity contribution is 7.26. The lowest BCUT2D eigenvalue weighted by molar-refractivity contribution is 0.337. The highest BCUT2D eigenvalue weighted by Gasteiger charge is 2.32. The maximum Gasteiger partial charge on any atom is 0.362 e. The Hall–Kier alpha value is -6.72. The summed E-state index contributed by atoms with van der Waals surface area (Å²) in [6, 6.07) is 71.3. The molecular weight excluding hydrogens is 709 g/mol. The first-order valence-electron chi connectivity index (χ1n) is 19.6. The van der Waals surface area contributed by atoms with Crippen LogP contribution in [0.25, 0.3) is 74.7 Å². The molecule has 2 heterocycles. The minimum Gasteiger partial charge on any atom is -0.423 e. The summed E-state index contributed by atoms with van der Waals surface area (Å²) in [7, 11) is 0. The van der Waals surface area contributed by atoms with Crippen LogP contribution in [0.4, 0.5) is 17.1 Å².